The Kier molecular flexibility index (Phi) is 2.97. The predicted octanol–water partition coefficient (Wildman–Crippen LogP) is 1.89. The lowest BCUT2D eigenvalue weighted by atomic mass is 10.1. The number of aryl methyl sites for hydroxylation is 1. The number of hydrogen-bond donors (Lipinski definition) is 0. The van der Waals surface area contributed by atoms with E-state index in [1.165, 1.54) is 4.68 Å². The lowest BCUT2D eigenvalue weighted by Gasteiger charge is -1.95. The van der Waals surface area contributed by atoms with Gasteiger partial charge in [0, 0.05) is 12.6 Å². The predicted molar refractivity (Wildman–Crippen MR) is 62.4 cm³/mol. The van der Waals surface area contributed by atoms with Crippen LogP contribution in [0.3, 0.4) is 0 Å². The van der Waals surface area contributed by atoms with Crippen LogP contribution in [0.4, 0.5) is 3.89 Å². The molecule has 2 aromatic rings. The second kappa shape index (κ2) is 4.29. The molecule has 17 heavy (non-hydrogen) atoms. The van der Waals surface area contributed by atoms with Gasteiger partial charge in [0.2, 0.25) is 0 Å². The van der Waals surface area contributed by atoms with Crippen molar-refractivity contribution in [3.05, 3.63) is 42.1 Å². The Balaban J connectivity index is 2.38. The van der Waals surface area contributed by atoms with E-state index < -0.39 is 16.0 Å². The first-order chi connectivity index (χ1) is 7.96. The van der Waals surface area contributed by atoms with E-state index in [1.807, 2.05) is 30.3 Å². The zero-order valence-electron chi connectivity index (χ0n) is 9.17. The summed E-state index contributed by atoms with van der Waals surface area (Å²) in [6.45, 7) is 0. The van der Waals surface area contributed by atoms with Gasteiger partial charge in [0.25, 0.3) is 0 Å². The third-order valence-corrected chi connectivity index (χ3v) is 3.01. The summed E-state index contributed by atoms with van der Waals surface area (Å²) in [6.07, 6.45) is 0. The van der Waals surface area contributed by atoms with Crippen molar-refractivity contribution in [2.45, 2.75) is 5.75 Å². The minimum absolute atomic E-state index is 0.325. The van der Waals surface area contributed by atoms with Crippen LogP contribution in [0.25, 0.3) is 11.3 Å². The second-order valence-corrected chi connectivity index (χ2v) is 5.06. The molecule has 90 valence electrons. The van der Waals surface area contributed by atoms with E-state index in [0.29, 0.717) is 11.4 Å². The average molecular weight is 254 g/mol. The highest BCUT2D eigenvalue weighted by Crippen LogP contribution is 2.19. The summed E-state index contributed by atoms with van der Waals surface area (Å²) in [7, 11) is -2.94. The van der Waals surface area contributed by atoms with Crippen LogP contribution in [0.1, 0.15) is 5.69 Å². The maximum Gasteiger partial charge on any atom is 0.308 e. The van der Waals surface area contributed by atoms with Gasteiger partial charge in [-0.25, -0.2) is 0 Å². The average Bonchev–Trinajstić information content (AvgIpc) is 2.59. The van der Waals surface area contributed by atoms with Gasteiger partial charge in [0.15, 0.2) is 0 Å². The lowest BCUT2D eigenvalue weighted by Crippen LogP contribution is -2.03. The molecule has 1 heterocycles. The Hall–Kier alpha value is -1.69. The molecule has 0 N–H and O–H groups in total. The summed E-state index contributed by atoms with van der Waals surface area (Å²) in [6, 6.07) is 10.9. The number of halogens is 1. The van der Waals surface area contributed by atoms with Crippen molar-refractivity contribution < 1.29 is 12.3 Å². The van der Waals surface area contributed by atoms with E-state index in [9.17, 15) is 12.3 Å². The minimum atomic E-state index is -4.53. The number of aromatic nitrogens is 2. The van der Waals surface area contributed by atoms with Gasteiger partial charge >= 0.3 is 10.2 Å². The van der Waals surface area contributed by atoms with Gasteiger partial charge in [-0.3, -0.25) is 4.68 Å². The Morgan fingerprint density at radius 3 is 2.53 bits per heavy atom. The molecule has 0 fully saturated rings. The van der Waals surface area contributed by atoms with Gasteiger partial charge in [-0.15, -0.1) is 3.89 Å². The normalized spacial score (nSPS) is 11.6. The Morgan fingerprint density at radius 2 is 1.94 bits per heavy atom. The van der Waals surface area contributed by atoms with Crippen molar-refractivity contribution in [1.82, 2.24) is 9.78 Å². The monoisotopic (exact) mass is 254 g/mol. The fourth-order valence-electron chi connectivity index (χ4n) is 1.57. The highest BCUT2D eigenvalue weighted by molar-refractivity contribution is 7.85. The Labute approximate surface area is 98.9 Å². The summed E-state index contributed by atoms with van der Waals surface area (Å²) in [5.74, 6) is -0.649. The third kappa shape index (κ3) is 2.91. The van der Waals surface area contributed by atoms with Crippen LogP contribution >= 0.6 is 0 Å². The Morgan fingerprint density at radius 1 is 1.29 bits per heavy atom. The fraction of sp³-hybridized carbons (Fsp3) is 0.182. The quantitative estimate of drug-likeness (QED) is 0.786. The molecule has 1 aromatic carbocycles. The number of rotatable bonds is 3. The van der Waals surface area contributed by atoms with Gasteiger partial charge in [-0.05, 0) is 6.07 Å². The van der Waals surface area contributed by atoms with Crippen LogP contribution < -0.4 is 0 Å². The zero-order chi connectivity index (χ0) is 12.5. The van der Waals surface area contributed by atoms with Gasteiger partial charge in [0.05, 0.1) is 11.4 Å². The van der Waals surface area contributed by atoms with Crippen molar-refractivity contribution in [1.29, 1.82) is 0 Å². The summed E-state index contributed by atoms with van der Waals surface area (Å²) < 4.78 is 35.2. The van der Waals surface area contributed by atoms with Crippen molar-refractivity contribution in [2.75, 3.05) is 0 Å². The number of benzene rings is 1. The van der Waals surface area contributed by atoms with E-state index in [0.717, 1.165) is 5.56 Å². The molecule has 0 aliphatic carbocycles. The molecule has 0 radical (unpaired) electrons. The molecule has 0 aliphatic heterocycles. The summed E-state index contributed by atoms with van der Waals surface area (Å²) in [4.78, 5) is 0. The van der Waals surface area contributed by atoms with Crippen LogP contribution in [0.5, 0.6) is 0 Å². The molecule has 0 spiro atoms. The first kappa shape index (κ1) is 11.8. The summed E-state index contributed by atoms with van der Waals surface area (Å²) >= 11 is 0. The number of hydrogen-bond acceptors (Lipinski definition) is 3. The molecule has 2 rings (SSSR count). The fourth-order valence-corrected chi connectivity index (χ4v) is 2.19. The minimum Gasteiger partial charge on any atom is -0.271 e. The van der Waals surface area contributed by atoms with Crippen LogP contribution in [-0.2, 0) is 23.0 Å². The van der Waals surface area contributed by atoms with Crippen molar-refractivity contribution >= 4 is 10.2 Å². The SMILES string of the molecule is Cn1nc(-c2ccccc2)cc1CS(=O)(=O)F. The topological polar surface area (TPSA) is 52.0 Å². The molecule has 0 saturated carbocycles. The third-order valence-electron chi connectivity index (χ3n) is 2.37. The molecule has 0 unspecified atom stereocenters. The maximum absolute atomic E-state index is 12.6. The lowest BCUT2D eigenvalue weighted by molar-refractivity contribution is 0.548. The highest BCUT2D eigenvalue weighted by Gasteiger charge is 2.14. The van der Waals surface area contributed by atoms with Crippen molar-refractivity contribution in [3.63, 3.8) is 0 Å². The van der Waals surface area contributed by atoms with Crippen molar-refractivity contribution in [2.24, 2.45) is 7.05 Å². The second-order valence-electron chi connectivity index (χ2n) is 3.69. The molecule has 0 saturated heterocycles. The molecule has 0 amide bonds. The van der Waals surface area contributed by atoms with Crippen LogP contribution in [0.15, 0.2) is 36.4 Å². The Bertz CT molecular complexity index is 620. The maximum atomic E-state index is 12.6. The van der Waals surface area contributed by atoms with Crippen LogP contribution in [-0.4, -0.2) is 18.2 Å². The van der Waals surface area contributed by atoms with Gasteiger partial charge < -0.3 is 0 Å². The molecule has 1 aromatic heterocycles. The summed E-state index contributed by atoms with van der Waals surface area (Å²) in [5, 5.41) is 4.15. The molecular formula is C11H11FN2O2S. The molecule has 0 bridgehead atoms. The van der Waals surface area contributed by atoms with E-state index >= 15 is 0 Å². The highest BCUT2D eigenvalue weighted by atomic mass is 32.3. The molecular weight excluding hydrogens is 243 g/mol. The van der Waals surface area contributed by atoms with Crippen molar-refractivity contribution in [3.8, 4) is 11.3 Å². The van der Waals surface area contributed by atoms with E-state index in [2.05, 4.69) is 5.10 Å². The van der Waals surface area contributed by atoms with Crippen LogP contribution in [0, 0.1) is 0 Å². The van der Waals surface area contributed by atoms with E-state index in [4.69, 9.17) is 0 Å². The number of nitrogens with zero attached hydrogens (tertiary/aromatic N) is 2. The first-order valence-electron chi connectivity index (χ1n) is 4.96. The largest absolute Gasteiger partial charge is 0.308 e. The van der Waals surface area contributed by atoms with Gasteiger partial charge in [0.1, 0.15) is 5.75 Å². The van der Waals surface area contributed by atoms with E-state index in [-0.39, 0.29) is 0 Å². The molecule has 0 aliphatic rings. The summed E-state index contributed by atoms with van der Waals surface area (Å²) in [5.41, 5.74) is 1.82. The van der Waals surface area contributed by atoms with Gasteiger partial charge in [-0.2, -0.15) is 13.5 Å². The van der Waals surface area contributed by atoms with Gasteiger partial charge in [-0.1, -0.05) is 30.3 Å². The van der Waals surface area contributed by atoms with E-state index in [1.54, 1.807) is 13.1 Å². The molecule has 6 heteroatoms. The van der Waals surface area contributed by atoms with Crippen LogP contribution in [0.2, 0.25) is 0 Å². The standard InChI is InChI=1S/C11H11FN2O2S/c1-14-10(8-17(12,15)16)7-11(13-14)9-5-3-2-4-6-9/h2-7H,8H2,1H3. The zero-order valence-corrected chi connectivity index (χ0v) is 9.98. The molecule has 0 atom stereocenters. The smallest absolute Gasteiger partial charge is 0.271 e. The molecule has 4 nitrogen and oxygen atoms in total. The first-order valence-corrected chi connectivity index (χ1v) is 6.51.